The fraction of sp³-hybridized carbons (Fsp3) is 0.444. The number of rotatable bonds is 12. The molecule has 0 aromatic heterocycles. The van der Waals surface area contributed by atoms with E-state index in [-0.39, 0.29) is 18.3 Å². The van der Waals surface area contributed by atoms with Gasteiger partial charge in [-0.05, 0) is 87.4 Å². The number of Topliss-reactive ketones (excluding diaryl/α,β-unsaturated/α-hetero) is 1. The molecule has 1 amide bonds. The second-order valence-corrected chi connectivity index (χ2v) is 10.7. The van der Waals surface area contributed by atoms with Gasteiger partial charge in [0.15, 0.2) is 5.78 Å². The van der Waals surface area contributed by atoms with Crippen LogP contribution in [0.1, 0.15) is 110 Å². The van der Waals surface area contributed by atoms with E-state index < -0.39 is 6.17 Å². The van der Waals surface area contributed by atoms with Crippen molar-refractivity contribution in [1.82, 2.24) is 10.3 Å². The van der Waals surface area contributed by atoms with Gasteiger partial charge in [-0.25, -0.2) is 0 Å². The molecule has 0 radical (unpaired) electrons. The Labute approximate surface area is 268 Å². The highest BCUT2D eigenvalue weighted by molar-refractivity contribution is 6.12. The maximum Gasteiger partial charge on any atom is 0.254 e. The molecule has 9 heteroatoms. The number of ether oxygens (including phenoxy) is 2. The summed E-state index contributed by atoms with van der Waals surface area (Å²) in [5.74, 6) is 1.03. The normalized spacial score (nSPS) is 15.6. The highest BCUT2D eigenvalue weighted by Crippen LogP contribution is 2.33. The number of nitrogens with two attached hydrogens (primary N) is 1. The van der Waals surface area contributed by atoms with Crippen LogP contribution in [-0.4, -0.2) is 61.9 Å². The van der Waals surface area contributed by atoms with Gasteiger partial charge in [0.2, 0.25) is 0 Å². The minimum absolute atomic E-state index is 0.00984. The van der Waals surface area contributed by atoms with Gasteiger partial charge in [-0.3, -0.25) is 20.0 Å². The van der Waals surface area contributed by atoms with E-state index >= 15 is 0 Å². The molecule has 0 spiro atoms. The number of hydrogen-bond acceptors (Lipinski definition) is 8. The zero-order valence-electron chi connectivity index (χ0n) is 27.5. The van der Waals surface area contributed by atoms with E-state index in [1.54, 1.807) is 25.3 Å². The first kappa shape index (κ1) is 35.2. The van der Waals surface area contributed by atoms with E-state index in [1.807, 2.05) is 49.2 Å². The van der Waals surface area contributed by atoms with Crippen LogP contribution in [0.5, 0.6) is 11.5 Å². The van der Waals surface area contributed by atoms with Crippen LogP contribution in [0, 0.1) is 0 Å². The fourth-order valence-corrected chi connectivity index (χ4v) is 5.09. The summed E-state index contributed by atoms with van der Waals surface area (Å²) in [6, 6.07) is 9.15. The maximum atomic E-state index is 14.1. The van der Waals surface area contributed by atoms with E-state index in [9.17, 15) is 9.59 Å². The third-order valence-corrected chi connectivity index (χ3v) is 7.39. The van der Waals surface area contributed by atoms with Crippen molar-refractivity contribution in [2.45, 2.75) is 72.9 Å². The summed E-state index contributed by atoms with van der Waals surface area (Å²) in [5, 5.41) is 4.00. The van der Waals surface area contributed by atoms with E-state index in [4.69, 9.17) is 15.2 Å². The van der Waals surface area contributed by atoms with Crippen molar-refractivity contribution in [3.05, 3.63) is 70.3 Å². The van der Waals surface area contributed by atoms with Crippen molar-refractivity contribution in [2.24, 2.45) is 15.8 Å². The third-order valence-electron chi connectivity index (χ3n) is 7.39. The first-order valence-electron chi connectivity index (χ1n) is 16.1. The van der Waals surface area contributed by atoms with Crippen molar-refractivity contribution >= 4 is 35.8 Å². The zero-order chi connectivity index (χ0) is 32.6. The number of ketones is 1. The lowest BCUT2D eigenvalue weighted by Crippen LogP contribution is -2.35. The van der Waals surface area contributed by atoms with Gasteiger partial charge in [-0.1, -0.05) is 38.1 Å². The van der Waals surface area contributed by atoms with Gasteiger partial charge >= 0.3 is 0 Å². The topological polar surface area (TPSA) is 119 Å². The Hall–Kier alpha value is -4.24. The highest BCUT2D eigenvalue weighted by Gasteiger charge is 2.23. The molecule has 242 valence electrons. The summed E-state index contributed by atoms with van der Waals surface area (Å²) in [4.78, 5) is 33.6. The Morgan fingerprint density at radius 2 is 1.98 bits per heavy atom. The van der Waals surface area contributed by atoms with Crippen LogP contribution in [0.4, 0.5) is 0 Å². The van der Waals surface area contributed by atoms with Gasteiger partial charge in [0.25, 0.3) is 5.91 Å². The van der Waals surface area contributed by atoms with Gasteiger partial charge in [0, 0.05) is 43.1 Å². The first-order valence-corrected chi connectivity index (χ1v) is 16.1. The van der Waals surface area contributed by atoms with Crippen molar-refractivity contribution < 1.29 is 19.1 Å². The number of amides is 1. The lowest BCUT2D eigenvalue weighted by molar-refractivity contribution is 0.0727. The van der Waals surface area contributed by atoms with Crippen LogP contribution in [0.3, 0.4) is 0 Å². The van der Waals surface area contributed by atoms with Gasteiger partial charge in [-0.2, -0.15) is 5.10 Å². The Morgan fingerprint density at radius 3 is 2.69 bits per heavy atom. The molecule has 3 N–H and O–H groups in total. The number of nitrogens with one attached hydrogen (secondary N) is 1. The molecule has 0 fully saturated rings. The summed E-state index contributed by atoms with van der Waals surface area (Å²) in [6.07, 6.45) is 12.6. The number of carbonyl (C=O) groups is 2. The van der Waals surface area contributed by atoms with E-state index in [0.29, 0.717) is 61.6 Å². The van der Waals surface area contributed by atoms with Crippen molar-refractivity contribution in [2.75, 3.05) is 32.8 Å². The summed E-state index contributed by atoms with van der Waals surface area (Å²) in [6.45, 7) is 12.2. The number of hydrogen-bond donors (Lipinski definition) is 2. The summed E-state index contributed by atoms with van der Waals surface area (Å²) in [5.41, 5.74) is 13.6. The maximum absolute atomic E-state index is 14.1. The number of nitrogens with zero attached hydrogens (tertiary/aromatic N) is 3. The van der Waals surface area contributed by atoms with Crippen molar-refractivity contribution in [3.63, 3.8) is 0 Å². The number of carbonyl (C=O) groups excluding carboxylic acids is 2. The standard InChI is InChI=1S/C36H49N5O4/c1-6-11-14-27-22-29(24-33(44-10-5)34(27)26(8-3)25-38-18-7-2)36(43)41-19-13-12-15-31(42)30-23-28(35(37)40-39-9-4)16-17-32(30)45-21-20-41/h8-9,11,14,16-17,22-25,35,40H,6-7,10,12-13,15,18-21,37H2,1-5H3/b14-11-,26-8+,38-25?,39-9?. The Morgan fingerprint density at radius 1 is 1.16 bits per heavy atom. The summed E-state index contributed by atoms with van der Waals surface area (Å²) in [7, 11) is 0. The smallest absolute Gasteiger partial charge is 0.254 e. The average Bonchev–Trinajstić information content (AvgIpc) is 3.08. The molecule has 1 aliphatic rings. The third kappa shape index (κ3) is 9.88. The minimum atomic E-state index is -0.553. The van der Waals surface area contributed by atoms with Crippen LogP contribution < -0.4 is 20.6 Å². The molecular formula is C36H49N5O4. The molecule has 9 nitrogen and oxygen atoms in total. The van der Waals surface area contributed by atoms with Gasteiger partial charge in [-0.15, -0.1) is 0 Å². The number of hydrazone groups is 1. The summed E-state index contributed by atoms with van der Waals surface area (Å²) < 4.78 is 12.2. The highest BCUT2D eigenvalue weighted by atomic mass is 16.5. The molecule has 1 aliphatic heterocycles. The number of aliphatic imine (C=N–C) groups is 1. The monoisotopic (exact) mass is 615 g/mol. The molecule has 0 aliphatic carbocycles. The Balaban J connectivity index is 1.93. The van der Waals surface area contributed by atoms with Gasteiger partial charge < -0.3 is 20.1 Å². The second-order valence-electron chi connectivity index (χ2n) is 10.7. The molecular weight excluding hydrogens is 566 g/mol. The molecule has 2 aromatic rings. The van der Waals surface area contributed by atoms with Crippen LogP contribution in [-0.2, 0) is 0 Å². The first-order chi connectivity index (χ1) is 21.9. The number of benzene rings is 2. The largest absolute Gasteiger partial charge is 0.493 e. The average molecular weight is 616 g/mol. The summed E-state index contributed by atoms with van der Waals surface area (Å²) >= 11 is 0. The van der Waals surface area contributed by atoms with Gasteiger partial charge in [0.05, 0.1) is 18.7 Å². The van der Waals surface area contributed by atoms with Crippen LogP contribution in [0.15, 0.2) is 52.6 Å². The molecule has 1 unspecified atom stereocenters. The van der Waals surface area contributed by atoms with Gasteiger partial charge in [0.1, 0.15) is 24.3 Å². The minimum Gasteiger partial charge on any atom is -0.493 e. The fourth-order valence-electron chi connectivity index (χ4n) is 5.09. The predicted molar refractivity (Wildman–Crippen MR) is 184 cm³/mol. The number of fused-ring (bicyclic) bond motifs is 1. The Kier molecular flexibility index (Phi) is 14.5. The van der Waals surface area contributed by atoms with E-state index in [2.05, 4.69) is 41.5 Å². The quantitative estimate of drug-likeness (QED) is 0.153. The van der Waals surface area contributed by atoms with Crippen molar-refractivity contribution in [3.8, 4) is 11.5 Å². The van der Waals surface area contributed by atoms with Crippen LogP contribution in [0.2, 0.25) is 0 Å². The van der Waals surface area contributed by atoms with Crippen molar-refractivity contribution in [1.29, 1.82) is 0 Å². The lowest BCUT2D eigenvalue weighted by Gasteiger charge is -2.24. The zero-order valence-corrected chi connectivity index (χ0v) is 27.5. The Bertz CT molecular complexity index is 1410. The molecule has 0 saturated carbocycles. The molecule has 0 bridgehead atoms. The lowest BCUT2D eigenvalue weighted by atomic mass is 9.95. The predicted octanol–water partition coefficient (Wildman–Crippen LogP) is 6.83. The SMILES string of the molecule is CC=NNC(N)c1ccc2c(c1)C(=O)CCCCN(C(=O)c1cc(/C=C\CC)c(/C(C=NCCC)=C/C)c(OCC)c1)CCO2. The molecule has 1 atom stereocenters. The van der Waals surface area contributed by atoms with Crippen LogP contribution in [0.25, 0.3) is 11.6 Å². The van der Waals surface area contributed by atoms with E-state index in [0.717, 1.165) is 41.6 Å². The molecule has 3 rings (SSSR count). The second kappa shape index (κ2) is 18.5. The molecule has 1 heterocycles. The molecule has 2 aromatic carbocycles. The van der Waals surface area contributed by atoms with E-state index in [1.165, 1.54) is 0 Å². The molecule has 45 heavy (non-hydrogen) atoms. The number of allylic oxidation sites excluding steroid dienone is 3. The molecule has 0 saturated heterocycles. The van der Waals surface area contributed by atoms with Crippen LogP contribution >= 0.6 is 0 Å².